The van der Waals surface area contributed by atoms with E-state index in [0.29, 0.717) is 13.1 Å². The molecule has 1 unspecified atom stereocenters. The molecule has 0 radical (unpaired) electrons. The maximum Gasteiger partial charge on any atom is 0.321 e. The third-order valence-electron chi connectivity index (χ3n) is 4.66. The SMILES string of the molecule is CN(C)CCN(CC1CCCO1)C(=O)Nc1cccc(-c2cccnc2)c1. The fourth-order valence-corrected chi connectivity index (χ4v) is 3.14. The predicted molar refractivity (Wildman–Crippen MR) is 108 cm³/mol. The zero-order chi connectivity index (χ0) is 19.1. The van der Waals surface area contributed by atoms with Crippen LogP contribution in [0.4, 0.5) is 10.5 Å². The highest BCUT2D eigenvalue weighted by molar-refractivity contribution is 5.90. The Bertz CT molecular complexity index is 730. The van der Waals surface area contributed by atoms with E-state index in [2.05, 4.69) is 15.2 Å². The van der Waals surface area contributed by atoms with E-state index in [0.717, 1.165) is 42.8 Å². The zero-order valence-corrected chi connectivity index (χ0v) is 16.1. The smallest absolute Gasteiger partial charge is 0.321 e. The molecule has 0 saturated carbocycles. The summed E-state index contributed by atoms with van der Waals surface area (Å²) in [5.74, 6) is 0. The molecule has 2 amide bonds. The molecule has 6 heteroatoms. The first-order valence-corrected chi connectivity index (χ1v) is 9.44. The molecule has 6 nitrogen and oxygen atoms in total. The summed E-state index contributed by atoms with van der Waals surface area (Å²) in [6, 6.07) is 11.7. The minimum atomic E-state index is -0.0873. The van der Waals surface area contributed by atoms with Gasteiger partial charge in [-0.15, -0.1) is 0 Å². The van der Waals surface area contributed by atoms with Crippen LogP contribution in [0.2, 0.25) is 0 Å². The minimum absolute atomic E-state index is 0.0873. The molecule has 1 aromatic carbocycles. The lowest BCUT2D eigenvalue weighted by molar-refractivity contribution is 0.0820. The summed E-state index contributed by atoms with van der Waals surface area (Å²) in [5.41, 5.74) is 2.83. The van der Waals surface area contributed by atoms with Crippen molar-refractivity contribution < 1.29 is 9.53 Å². The molecular weight excluding hydrogens is 340 g/mol. The van der Waals surface area contributed by atoms with Gasteiger partial charge in [0.15, 0.2) is 0 Å². The first-order valence-electron chi connectivity index (χ1n) is 9.44. The third kappa shape index (κ3) is 5.77. The first-order chi connectivity index (χ1) is 13.1. The number of pyridine rings is 1. The molecule has 1 aliphatic rings. The van der Waals surface area contributed by atoms with E-state index in [4.69, 9.17) is 4.74 Å². The average Bonchev–Trinajstić information content (AvgIpc) is 3.19. The van der Waals surface area contributed by atoms with Crippen molar-refractivity contribution in [3.05, 3.63) is 48.8 Å². The topological polar surface area (TPSA) is 57.7 Å². The lowest BCUT2D eigenvalue weighted by Gasteiger charge is -2.27. The Morgan fingerprint density at radius 2 is 2.07 bits per heavy atom. The van der Waals surface area contributed by atoms with Crippen LogP contribution in [0.3, 0.4) is 0 Å². The fraction of sp³-hybridized carbons (Fsp3) is 0.429. The number of amides is 2. The predicted octanol–water partition coefficient (Wildman–Crippen LogP) is 3.32. The van der Waals surface area contributed by atoms with Gasteiger partial charge in [-0.2, -0.15) is 0 Å². The van der Waals surface area contributed by atoms with Crippen LogP contribution in [0.5, 0.6) is 0 Å². The van der Waals surface area contributed by atoms with Gasteiger partial charge >= 0.3 is 6.03 Å². The molecule has 2 aromatic rings. The maximum atomic E-state index is 12.9. The molecule has 1 aromatic heterocycles. The molecule has 27 heavy (non-hydrogen) atoms. The van der Waals surface area contributed by atoms with Gasteiger partial charge in [0.25, 0.3) is 0 Å². The van der Waals surface area contributed by atoms with Crippen molar-refractivity contribution in [3.8, 4) is 11.1 Å². The second kappa shape index (κ2) is 9.48. The van der Waals surface area contributed by atoms with Gasteiger partial charge < -0.3 is 19.9 Å². The van der Waals surface area contributed by atoms with Gasteiger partial charge in [-0.1, -0.05) is 18.2 Å². The van der Waals surface area contributed by atoms with Gasteiger partial charge in [0.1, 0.15) is 0 Å². The molecule has 144 valence electrons. The minimum Gasteiger partial charge on any atom is -0.376 e. The standard InChI is InChI=1S/C21H28N4O2/c1-24(2)11-12-25(16-20-9-5-13-27-20)21(26)23-19-8-3-6-17(14-19)18-7-4-10-22-15-18/h3-4,6-8,10,14-15,20H,5,9,11-13,16H2,1-2H3,(H,23,26). The lowest BCUT2D eigenvalue weighted by Crippen LogP contribution is -2.43. The van der Waals surface area contributed by atoms with Gasteiger partial charge in [0.2, 0.25) is 0 Å². The highest BCUT2D eigenvalue weighted by Gasteiger charge is 2.22. The summed E-state index contributed by atoms with van der Waals surface area (Å²) >= 11 is 0. The summed E-state index contributed by atoms with van der Waals surface area (Å²) in [5, 5.41) is 3.04. The Labute approximate surface area is 161 Å². The number of rotatable bonds is 7. The molecule has 1 N–H and O–H groups in total. The number of hydrogen-bond acceptors (Lipinski definition) is 4. The molecule has 0 aliphatic carbocycles. The van der Waals surface area contributed by atoms with Crippen LogP contribution in [0.1, 0.15) is 12.8 Å². The molecule has 3 rings (SSSR count). The van der Waals surface area contributed by atoms with E-state index in [1.807, 2.05) is 61.6 Å². The second-order valence-electron chi connectivity index (χ2n) is 7.14. The number of nitrogens with zero attached hydrogens (tertiary/aromatic N) is 3. The van der Waals surface area contributed by atoms with Crippen LogP contribution in [0, 0.1) is 0 Å². The van der Waals surface area contributed by atoms with Gasteiger partial charge in [-0.05, 0) is 50.7 Å². The number of nitrogens with one attached hydrogen (secondary N) is 1. The van der Waals surface area contributed by atoms with Crippen LogP contribution in [-0.4, -0.2) is 67.3 Å². The Hall–Kier alpha value is -2.44. The van der Waals surface area contributed by atoms with Crippen LogP contribution in [-0.2, 0) is 4.74 Å². The second-order valence-corrected chi connectivity index (χ2v) is 7.14. The number of benzene rings is 1. The molecule has 0 bridgehead atoms. The zero-order valence-electron chi connectivity index (χ0n) is 16.1. The van der Waals surface area contributed by atoms with Crippen molar-refractivity contribution in [1.82, 2.24) is 14.8 Å². The normalized spacial score (nSPS) is 16.5. The molecule has 2 heterocycles. The Morgan fingerprint density at radius 3 is 2.78 bits per heavy atom. The van der Waals surface area contributed by atoms with Crippen LogP contribution in [0.15, 0.2) is 48.8 Å². The number of hydrogen-bond donors (Lipinski definition) is 1. The number of carbonyl (C=O) groups is 1. The van der Waals surface area contributed by atoms with Gasteiger partial charge in [0, 0.05) is 49.9 Å². The molecule has 0 spiro atoms. The largest absolute Gasteiger partial charge is 0.376 e. The van der Waals surface area contributed by atoms with Crippen molar-refractivity contribution >= 4 is 11.7 Å². The first kappa shape index (κ1) is 19.3. The van der Waals surface area contributed by atoms with Crippen LogP contribution < -0.4 is 5.32 Å². The van der Waals surface area contributed by atoms with Crippen molar-refractivity contribution in [1.29, 1.82) is 0 Å². The number of anilines is 1. The lowest BCUT2D eigenvalue weighted by atomic mass is 10.1. The van der Waals surface area contributed by atoms with Gasteiger partial charge in [0.05, 0.1) is 6.10 Å². The van der Waals surface area contributed by atoms with Gasteiger partial charge in [-0.3, -0.25) is 4.98 Å². The van der Waals surface area contributed by atoms with E-state index in [1.165, 1.54) is 0 Å². The monoisotopic (exact) mass is 368 g/mol. The van der Waals surface area contributed by atoms with E-state index in [-0.39, 0.29) is 12.1 Å². The van der Waals surface area contributed by atoms with Crippen molar-refractivity contribution in [2.75, 3.05) is 45.7 Å². The van der Waals surface area contributed by atoms with E-state index in [1.54, 1.807) is 6.20 Å². The number of urea groups is 1. The average molecular weight is 368 g/mol. The molecule has 1 atom stereocenters. The Kier molecular flexibility index (Phi) is 6.79. The summed E-state index contributed by atoms with van der Waals surface area (Å²) < 4.78 is 5.73. The molecule has 1 aliphatic heterocycles. The summed E-state index contributed by atoms with van der Waals surface area (Å²) in [4.78, 5) is 21.0. The van der Waals surface area contributed by atoms with E-state index in [9.17, 15) is 4.79 Å². The molecule has 1 fully saturated rings. The number of ether oxygens (including phenoxy) is 1. The fourth-order valence-electron chi connectivity index (χ4n) is 3.14. The molecular formula is C21H28N4O2. The van der Waals surface area contributed by atoms with Crippen LogP contribution >= 0.6 is 0 Å². The van der Waals surface area contributed by atoms with Crippen molar-refractivity contribution in [2.24, 2.45) is 0 Å². The number of aromatic nitrogens is 1. The highest BCUT2D eigenvalue weighted by atomic mass is 16.5. The maximum absolute atomic E-state index is 12.9. The highest BCUT2D eigenvalue weighted by Crippen LogP contribution is 2.22. The summed E-state index contributed by atoms with van der Waals surface area (Å²) in [6.45, 7) is 2.90. The summed E-state index contributed by atoms with van der Waals surface area (Å²) in [7, 11) is 4.03. The van der Waals surface area contributed by atoms with Crippen LogP contribution in [0.25, 0.3) is 11.1 Å². The molecule has 1 saturated heterocycles. The van der Waals surface area contributed by atoms with Crippen molar-refractivity contribution in [2.45, 2.75) is 18.9 Å². The third-order valence-corrected chi connectivity index (χ3v) is 4.66. The number of likely N-dealkylation sites (N-methyl/N-ethyl adjacent to an activating group) is 1. The quantitative estimate of drug-likeness (QED) is 0.814. The Balaban J connectivity index is 1.68. The van der Waals surface area contributed by atoms with Gasteiger partial charge in [-0.25, -0.2) is 4.79 Å². The van der Waals surface area contributed by atoms with E-state index < -0.39 is 0 Å². The van der Waals surface area contributed by atoms with E-state index >= 15 is 0 Å². The van der Waals surface area contributed by atoms with Crippen molar-refractivity contribution in [3.63, 3.8) is 0 Å². The Morgan fingerprint density at radius 1 is 1.22 bits per heavy atom. The summed E-state index contributed by atoms with van der Waals surface area (Å²) in [6.07, 6.45) is 5.80. The number of carbonyl (C=O) groups excluding carboxylic acids is 1.